The van der Waals surface area contributed by atoms with Crippen LogP contribution in [0.3, 0.4) is 0 Å². The number of benzene rings is 2. The Balaban J connectivity index is 2.06. The van der Waals surface area contributed by atoms with Gasteiger partial charge in [0, 0.05) is 5.56 Å². The molecule has 1 amide bonds. The number of aryl methyl sites for hydroxylation is 2. The summed E-state index contributed by atoms with van der Waals surface area (Å²) in [5, 5.41) is 3.05. The maximum absolute atomic E-state index is 12.4. The van der Waals surface area contributed by atoms with Crippen LogP contribution in [0.4, 0.5) is 0 Å². The molecule has 0 unspecified atom stereocenters. The predicted octanol–water partition coefficient (Wildman–Crippen LogP) is 4.58. The summed E-state index contributed by atoms with van der Waals surface area (Å²) in [6.07, 6.45) is 0.124. The third-order valence-corrected chi connectivity index (χ3v) is 3.73. The summed E-state index contributed by atoms with van der Waals surface area (Å²) in [6.45, 7) is 10.1. The molecule has 0 spiro atoms. The van der Waals surface area contributed by atoms with Gasteiger partial charge in [-0.1, -0.05) is 23.8 Å². The Morgan fingerprint density at radius 3 is 2.22 bits per heavy atom. The van der Waals surface area contributed by atoms with E-state index in [9.17, 15) is 4.79 Å². The summed E-state index contributed by atoms with van der Waals surface area (Å²) in [5.74, 6) is 0.701. The van der Waals surface area contributed by atoms with Crippen molar-refractivity contribution in [2.45, 2.75) is 46.8 Å². The maximum atomic E-state index is 12.4. The van der Waals surface area contributed by atoms with E-state index in [1.165, 1.54) is 11.1 Å². The van der Waals surface area contributed by atoms with Crippen LogP contribution < -0.4 is 10.1 Å². The average molecular weight is 311 g/mol. The van der Waals surface area contributed by atoms with Crippen molar-refractivity contribution in [2.24, 2.45) is 0 Å². The second-order valence-corrected chi connectivity index (χ2v) is 6.25. The van der Waals surface area contributed by atoms with Gasteiger partial charge in [0.1, 0.15) is 5.75 Å². The topological polar surface area (TPSA) is 38.3 Å². The van der Waals surface area contributed by atoms with Crippen LogP contribution in [0.5, 0.6) is 5.75 Å². The van der Waals surface area contributed by atoms with Gasteiger partial charge in [0.2, 0.25) is 0 Å². The van der Waals surface area contributed by atoms with Gasteiger partial charge in [0.15, 0.2) is 0 Å². The minimum Gasteiger partial charge on any atom is -0.491 e. The summed E-state index contributed by atoms with van der Waals surface area (Å²) < 4.78 is 5.59. The monoisotopic (exact) mass is 311 g/mol. The molecular weight excluding hydrogens is 286 g/mol. The Morgan fingerprint density at radius 1 is 1.00 bits per heavy atom. The van der Waals surface area contributed by atoms with Gasteiger partial charge in [-0.15, -0.1) is 0 Å². The zero-order chi connectivity index (χ0) is 17.0. The molecule has 2 aromatic carbocycles. The molecule has 3 heteroatoms. The largest absolute Gasteiger partial charge is 0.491 e. The highest BCUT2D eigenvalue weighted by atomic mass is 16.5. The van der Waals surface area contributed by atoms with Gasteiger partial charge in [0.25, 0.3) is 5.91 Å². The lowest BCUT2D eigenvalue weighted by molar-refractivity contribution is 0.0940. The maximum Gasteiger partial charge on any atom is 0.251 e. The van der Waals surface area contributed by atoms with Crippen molar-refractivity contribution in [3.05, 3.63) is 64.7 Å². The number of rotatable bonds is 5. The van der Waals surface area contributed by atoms with Crippen LogP contribution in [0.15, 0.2) is 42.5 Å². The van der Waals surface area contributed by atoms with Crippen molar-refractivity contribution in [3.8, 4) is 5.75 Å². The number of nitrogens with one attached hydrogen (secondary N) is 1. The molecule has 122 valence electrons. The molecule has 0 radical (unpaired) electrons. The van der Waals surface area contributed by atoms with E-state index < -0.39 is 0 Å². The van der Waals surface area contributed by atoms with Gasteiger partial charge in [-0.2, -0.15) is 0 Å². The van der Waals surface area contributed by atoms with Crippen molar-refractivity contribution in [2.75, 3.05) is 0 Å². The summed E-state index contributed by atoms with van der Waals surface area (Å²) in [4.78, 5) is 12.4. The van der Waals surface area contributed by atoms with Crippen molar-refractivity contribution in [1.82, 2.24) is 5.32 Å². The van der Waals surface area contributed by atoms with Crippen molar-refractivity contribution in [3.63, 3.8) is 0 Å². The summed E-state index contributed by atoms with van der Waals surface area (Å²) in [6, 6.07) is 13.5. The highest BCUT2D eigenvalue weighted by Crippen LogP contribution is 2.20. The minimum absolute atomic E-state index is 0.0327. The zero-order valence-electron chi connectivity index (χ0n) is 14.5. The highest BCUT2D eigenvalue weighted by molar-refractivity contribution is 5.94. The lowest BCUT2D eigenvalue weighted by atomic mass is 10.00. The van der Waals surface area contributed by atoms with Gasteiger partial charge in [0.05, 0.1) is 12.1 Å². The lowest BCUT2D eigenvalue weighted by Crippen LogP contribution is -2.27. The second-order valence-electron chi connectivity index (χ2n) is 6.25. The van der Waals surface area contributed by atoms with E-state index in [-0.39, 0.29) is 18.1 Å². The second kappa shape index (κ2) is 7.32. The molecule has 0 aliphatic carbocycles. The van der Waals surface area contributed by atoms with E-state index in [0.717, 1.165) is 11.3 Å². The number of ether oxygens (including phenoxy) is 1. The molecule has 2 aromatic rings. The molecule has 0 aliphatic heterocycles. The van der Waals surface area contributed by atoms with Crippen LogP contribution in [-0.4, -0.2) is 12.0 Å². The Morgan fingerprint density at radius 2 is 1.65 bits per heavy atom. The molecule has 0 saturated carbocycles. The molecule has 0 aromatic heterocycles. The predicted molar refractivity (Wildman–Crippen MR) is 94.0 cm³/mol. The Hall–Kier alpha value is -2.29. The highest BCUT2D eigenvalue weighted by Gasteiger charge is 2.13. The fraction of sp³-hybridized carbons (Fsp3) is 0.350. The Labute approximate surface area is 138 Å². The quantitative estimate of drug-likeness (QED) is 0.877. The van der Waals surface area contributed by atoms with Gasteiger partial charge < -0.3 is 10.1 Å². The first-order chi connectivity index (χ1) is 10.9. The number of hydrogen-bond acceptors (Lipinski definition) is 2. The SMILES string of the molecule is Cc1ccc([C@H](C)NC(=O)c2ccc(OC(C)C)cc2)c(C)c1. The van der Waals surface area contributed by atoms with Crippen molar-refractivity contribution >= 4 is 5.91 Å². The molecule has 3 nitrogen and oxygen atoms in total. The molecule has 2 rings (SSSR count). The van der Waals surface area contributed by atoms with Crippen LogP contribution in [0.1, 0.15) is 53.9 Å². The van der Waals surface area contributed by atoms with Crippen LogP contribution in [-0.2, 0) is 0 Å². The minimum atomic E-state index is -0.0754. The zero-order valence-corrected chi connectivity index (χ0v) is 14.5. The van der Waals surface area contributed by atoms with Crippen molar-refractivity contribution < 1.29 is 9.53 Å². The van der Waals surface area contributed by atoms with E-state index in [1.54, 1.807) is 12.1 Å². The van der Waals surface area contributed by atoms with Gasteiger partial charge in [-0.05, 0) is 70.0 Å². The lowest BCUT2D eigenvalue weighted by Gasteiger charge is -2.17. The van der Waals surface area contributed by atoms with E-state index in [4.69, 9.17) is 4.74 Å². The Bertz CT molecular complexity index is 675. The van der Waals surface area contributed by atoms with E-state index >= 15 is 0 Å². The first-order valence-electron chi connectivity index (χ1n) is 8.01. The third-order valence-electron chi connectivity index (χ3n) is 3.73. The fourth-order valence-corrected chi connectivity index (χ4v) is 2.63. The third kappa shape index (κ3) is 4.59. The van der Waals surface area contributed by atoms with E-state index in [2.05, 4.69) is 37.4 Å². The smallest absolute Gasteiger partial charge is 0.251 e. The average Bonchev–Trinajstić information content (AvgIpc) is 2.47. The van der Waals surface area contributed by atoms with Crippen LogP contribution >= 0.6 is 0 Å². The summed E-state index contributed by atoms with van der Waals surface area (Å²) in [5.41, 5.74) is 4.20. The molecule has 0 saturated heterocycles. The van der Waals surface area contributed by atoms with Gasteiger partial charge in [-0.3, -0.25) is 4.79 Å². The molecule has 1 N–H and O–H groups in total. The summed E-state index contributed by atoms with van der Waals surface area (Å²) in [7, 11) is 0. The van der Waals surface area contributed by atoms with Gasteiger partial charge >= 0.3 is 0 Å². The van der Waals surface area contributed by atoms with Crippen LogP contribution in [0.25, 0.3) is 0 Å². The molecule has 1 atom stereocenters. The van der Waals surface area contributed by atoms with Crippen LogP contribution in [0, 0.1) is 13.8 Å². The van der Waals surface area contributed by atoms with E-state index in [0.29, 0.717) is 5.56 Å². The van der Waals surface area contributed by atoms with Crippen molar-refractivity contribution in [1.29, 1.82) is 0 Å². The van der Waals surface area contributed by atoms with Gasteiger partial charge in [-0.25, -0.2) is 0 Å². The number of carbonyl (C=O) groups is 1. The summed E-state index contributed by atoms with van der Waals surface area (Å²) >= 11 is 0. The first kappa shape index (κ1) is 17.1. The normalized spacial score (nSPS) is 12.1. The number of amides is 1. The molecular formula is C20H25NO2. The first-order valence-corrected chi connectivity index (χ1v) is 8.01. The van der Waals surface area contributed by atoms with E-state index in [1.807, 2.05) is 32.9 Å². The number of carbonyl (C=O) groups excluding carboxylic acids is 1. The molecule has 0 fully saturated rings. The molecule has 0 heterocycles. The fourth-order valence-electron chi connectivity index (χ4n) is 2.63. The Kier molecular flexibility index (Phi) is 5.43. The van der Waals surface area contributed by atoms with Crippen LogP contribution in [0.2, 0.25) is 0 Å². The standard InChI is InChI=1S/C20H25NO2/c1-13(2)23-18-9-7-17(8-10-18)20(22)21-16(5)19-11-6-14(3)12-15(19)4/h6-13,16H,1-5H3,(H,21,22)/t16-/m0/s1. The number of hydrogen-bond donors (Lipinski definition) is 1. The molecule has 23 heavy (non-hydrogen) atoms. The molecule has 0 aliphatic rings. The molecule has 0 bridgehead atoms.